The summed E-state index contributed by atoms with van der Waals surface area (Å²) in [5.74, 6) is 6.18. The normalized spacial score (nSPS) is 14.7. The molecule has 116 valence electrons. The van der Waals surface area contributed by atoms with E-state index in [0.29, 0.717) is 12.5 Å². The average molecular weight is 290 g/mol. The second-order valence-corrected chi connectivity index (χ2v) is 5.20. The molecule has 1 aliphatic carbocycles. The molecule has 0 aliphatic heterocycles. The van der Waals surface area contributed by atoms with E-state index in [1.165, 1.54) is 30.4 Å². The number of hydrazine groups is 1. The van der Waals surface area contributed by atoms with E-state index >= 15 is 0 Å². The fourth-order valence-electron chi connectivity index (χ4n) is 2.65. The summed E-state index contributed by atoms with van der Waals surface area (Å²) in [6.07, 6.45) is 5.72. The molecule has 0 fully saturated rings. The fraction of sp³-hybridized carbons (Fsp3) is 0.562. The number of aryl methyl sites for hydroxylation is 1. The molecule has 21 heavy (non-hydrogen) atoms. The van der Waals surface area contributed by atoms with Crippen molar-refractivity contribution in [2.45, 2.75) is 39.0 Å². The number of benzene rings is 1. The molecule has 1 aromatic carbocycles. The number of nitrogens with zero attached hydrogens (tertiary/aromatic N) is 1. The minimum atomic E-state index is 0.616. The molecule has 0 amide bonds. The Balaban J connectivity index is 1.96. The van der Waals surface area contributed by atoms with Crippen LogP contribution in [0, 0.1) is 0 Å². The minimum absolute atomic E-state index is 0.616. The van der Waals surface area contributed by atoms with Crippen LogP contribution < -0.4 is 16.6 Å². The van der Waals surface area contributed by atoms with Crippen molar-refractivity contribution in [1.82, 2.24) is 5.43 Å². The number of hydrogen-bond acceptors (Lipinski definition) is 3. The fourth-order valence-corrected chi connectivity index (χ4v) is 2.65. The third-order valence-corrected chi connectivity index (χ3v) is 3.71. The Morgan fingerprint density at radius 1 is 1.33 bits per heavy atom. The highest BCUT2D eigenvalue weighted by molar-refractivity contribution is 5.94. The molecule has 4 N–H and O–H groups in total. The Hall–Kier alpha value is -1.59. The summed E-state index contributed by atoms with van der Waals surface area (Å²) in [6, 6.07) is 6.40. The maximum atomic E-state index is 5.56. The van der Waals surface area contributed by atoms with Crippen molar-refractivity contribution in [3.05, 3.63) is 29.3 Å². The van der Waals surface area contributed by atoms with Crippen molar-refractivity contribution in [2.75, 3.05) is 25.1 Å². The number of nitrogens with two attached hydrogens (primary N) is 1. The SMILES string of the molecule is CCOCCCN=C(NN)Nc1cccc2c1CCCC2. The molecule has 0 atom stereocenters. The molecule has 0 radical (unpaired) electrons. The first-order valence-corrected chi connectivity index (χ1v) is 7.81. The van der Waals surface area contributed by atoms with Gasteiger partial charge in [0.25, 0.3) is 0 Å². The van der Waals surface area contributed by atoms with E-state index in [9.17, 15) is 0 Å². The van der Waals surface area contributed by atoms with Gasteiger partial charge >= 0.3 is 0 Å². The van der Waals surface area contributed by atoms with Crippen molar-refractivity contribution in [3.8, 4) is 0 Å². The summed E-state index contributed by atoms with van der Waals surface area (Å²) in [6.45, 7) is 4.18. The summed E-state index contributed by atoms with van der Waals surface area (Å²) < 4.78 is 5.30. The Labute approximate surface area is 126 Å². The lowest BCUT2D eigenvalue weighted by Gasteiger charge is -2.20. The summed E-state index contributed by atoms with van der Waals surface area (Å²) in [5.41, 5.74) is 6.61. The highest BCUT2D eigenvalue weighted by atomic mass is 16.5. The van der Waals surface area contributed by atoms with Gasteiger partial charge in [-0.2, -0.15) is 0 Å². The second-order valence-electron chi connectivity index (χ2n) is 5.20. The van der Waals surface area contributed by atoms with Crippen molar-refractivity contribution in [2.24, 2.45) is 10.8 Å². The zero-order valence-corrected chi connectivity index (χ0v) is 12.8. The molecule has 1 aliphatic rings. The highest BCUT2D eigenvalue weighted by Crippen LogP contribution is 2.27. The molecule has 5 heteroatoms. The lowest BCUT2D eigenvalue weighted by Crippen LogP contribution is -2.36. The van der Waals surface area contributed by atoms with Gasteiger partial charge < -0.3 is 10.1 Å². The Morgan fingerprint density at radius 3 is 3.00 bits per heavy atom. The molecular weight excluding hydrogens is 264 g/mol. The number of rotatable bonds is 6. The van der Waals surface area contributed by atoms with E-state index in [2.05, 4.69) is 33.9 Å². The number of hydrogen-bond donors (Lipinski definition) is 3. The first kappa shape index (κ1) is 15.8. The van der Waals surface area contributed by atoms with Gasteiger partial charge in [-0.3, -0.25) is 10.4 Å². The second kappa shape index (κ2) is 8.64. The molecule has 1 aromatic rings. The van der Waals surface area contributed by atoms with Crippen LogP contribution in [-0.2, 0) is 17.6 Å². The standard InChI is InChI=1S/C16H26N4O/c1-2-21-12-6-11-18-16(20-17)19-15-10-5-8-13-7-3-4-9-14(13)15/h5,8,10H,2-4,6-7,9,11-12,17H2,1H3,(H2,18,19,20). The van der Waals surface area contributed by atoms with Crippen LogP contribution in [0.25, 0.3) is 0 Å². The van der Waals surface area contributed by atoms with E-state index in [1.807, 2.05) is 6.92 Å². The van der Waals surface area contributed by atoms with Gasteiger partial charge in [0.05, 0.1) is 0 Å². The van der Waals surface area contributed by atoms with Crippen molar-refractivity contribution in [3.63, 3.8) is 0 Å². The van der Waals surface area contributed by atoms with Crippen LogP contribution >= 0.6 is 0 Å². The number of ether oxygens (including phenoxy) is 1. The molecule has 0 unspecified atom stereocenters. The third-order valence-electron chi connectivity index (χ3n) is 3.71. The largest absolute Gasteiger partial charge is 0.382 e. The molecule has 0 spiro atoms. The van der Waals surface area contributed by atoms with Gasteiger partial charge in [-0.1, -0.05) is 12.1 Å². The van der Waals surface area contributed by atoms with Crippen molar-refractivity contribution >= 4 is 11.6 Å². The first-order valence-electron chi connectivity index (χ1n) is 7.81. The summed E-state index contributed by atoms with van der Waals surface area (Å²) in [4.78, 5) is 4.45. The highest BCUT2D eigenvalue weighted by Gasteiger charge is 2.13. The Kier molecular flexibility index (Phi) is 6.50. The summed E-state index contributed by atoms with van der Waals surface area (Å²) >= 11 is 0. The lowest BCUT2D eigenvalue weighted by molar-refractivity contribution is 0.146. The van der Waals surface area contributed by atoms with Crippen LogP contribution in [-0.4, -0.2) is 25.7 Å². The predicted octanol–water partition coefficient (Wildman–Crippen LogP) is 2.22. The topological polar surface area (TPSA) is 71.7 Å². The van der Waals surface area contributed by atoms with E-state index in [4.69, 9.17) is 10.6 Å². The maximum absolute atomic E-state index is 5.56. The number of anilines is 1. The molecular formula is C16H26N4O. The zero-order valence-electron chi connectivity index (χ0n) is 12.8. The molecule has 0 aromatic heterocycles. The molecule has 5 nitrogen and oxygen atoms in total. The number of guanidine groups is 1. The third kappa shape index (κ3) is 4.72. The predicted molar refractivity (Wildman–Crippen MR) is 87.4 cm³/mol. The average Bonchev–Trinajstić information content (AvgIpc) is 2.53. The van der Waals surface area contributed by atoms with E-state index in [0.717, 1.165) is 31.7 Å². The maximum Gasteiger partial charge on any atom is 0.210 e. The number of fused-ring (bicyclic) bond motifs is 1. The quantitative estimate of drug-likeness (QED) is 0.247. The number of nitrogens with one attached hydrogen (secondary N) is 2. The first-order chi connectivity index (χ1) is 10.3. The number of aliphatic imine (C=N–C) groups is 1. The van der Waals surface area contributed by atoms with Crippen LogP contribution in [0.5, 0.6) is 0 Å². The van der Waals surface area contributed by atoms with Gasteiger partial charge in [0.1, 0.15) is 0 Å². The van der Waals surface area contributed by atoms with Crippen LogP contribution in [0.4, 0.5) is 5.69 Å². The van der Waals surface area contributed by atoms with E-state index in [1.54, 1.807) is 0 Å². The molecule has 0 heterocycles. The molecule has 0 saturated carbocycles. The monoisotopic (exact) mass is 290 g/mol. The van der Waals surface area contributed by atoms with Gasteiger partial charge in [0, 0.05) is 25.4 Å². The van der Waals surface area contributed by atoms with Crippen molar-refractivity contribution in [1.29, 1.82) is 0 Å². The van der Waals surface area contributed by atoms with Crippen LogP contribution in [0.15, 0.2) is 23.2 Å². The van der Waals surface area contributed by atoms with Gasteiger partial charge in [-0.05, 0) is 56.2 Å². The Bertz CT molecular complexity index is 473. The Morgan fingerprint density at radius 2 is 2.19 bits per heavy atom. The van der Waals surface area contributed by atoms with Crippen molar-refractivity contribution < 1.29 is 4.74 Å². The van der Waals surface area contributed by atoms with E-state index < -0.39 is 0 Å². The minimum Gasteiger partial charge on any atom is -0.382 e. The van der Waals surface area contributed by atoms with E-state index in [-0.39, 0.29) is 0 Å². The molecule has 2 rings (SSSR count). The van der Waals surface area contributed by atoms with Gasteiger partial charge in [0.15, 0.2) is 0 Å². The zero-order chi connectivity index (χ0) is 14.9. The summed E-state index contributed by atoms with van der Waals surface area (Å²) in [7, 11) is 0. The molecule has 0 bridgehead atoms. The van der Waals surface area contributed by atoms with Gasteiger partial charge in [-0.25, -0.2) is 5.84 Å². The smallest absolute Gasteiger partial charge is 0.210 e. The van der Waals surface area contributed by atoms with Crippen LogP contribution in [0.1, 0.15) is 37.3 Å². The van der Waals surface area contributed by atoms with Gasteiger partial charge in [0.2, 0.25) is 5.96 Å². The van der Waals surface area contributed by atoms with Crippen LogP contribution in [0.2, 0.25) is 0 Å². The van der Waals surface area contributed by atoms with Gasteiger partial charge in [-0.15, -0.1) is 0 Å². The lowest BCUT2D eigenvalue weighted by atomic mass is 9.90. The molecule has 0 saturated heterocycles. The van der Waals surface area contributed by atoms with Crippen LogP contribution in [0.3, 0.4) is 0 Å². The summed E-state index contributed by atoms with van der Waals surface area (Å²) in [5, 5.41) is 3.32.